The summed E-state index contributed by atoms with van der Waals surface area (Å²) < 4.78 is 43.4. The van der Waals surface area contributed by atoms with Gasteiger partial charge in [0, 0.05) is 37.2 Å². The fourth-order valence-corrected chi connectivity index (χ4v) is 5.01. The molecule has 1 saturated heterocycles. The Morgan fingerprint density at radius 2 is 1.75 bits per heavy atom. The molecule has 0 bridgehead atoms. The lowest BCUT2D eigenvalue weighted by Crippen LogP contribution is -2.46. The van der Waals surface area contributed by atoms with E-state index in [-0.39, 0.29) is 38.2 Å². The number of amides is 2. The van der Waals surface area contributed by atoms with Crippen LogP contribution in [0.1, 0.15) is 40.0 Å². The Morgan fingerprint density at radius 1 is 1.11 bits per heavy atom. The smallest absolute Gasteiger partial charge is 0.416 e. The first-order valence-electron chi connectivity index (χ1n) is 11.3. The lowest BCUT2D eigenvalue weighted by molar-refractivity contribution is -0.137. The van der Waals surface area contributed by atoms with Crippen molar-refractivity contribution in [1.29, 1.82) is 0 Å². The molecule has 2 N–H and O–H groups in total. The maximum Gasteiger partial charge on any atom is 0.416 e. The topological polar surface area (TPSA) is 91.8 Å². The van der Waals surface area contributed by atoms with E-state index in [0.717, 1.165) is 29.0 Å². The predicted molar refractivity (Wildman–Crippen MR) is 129 cm³/mol. The molecule has 0 unspecified atom stereocenters. The first-order valence-corrected chi connectivity index (χ1v) is 12.1. The lowest BCUT2D eigenvalue weighted by Gasteiger charge is -2.36. The second kappa shape index (κ2) is 10.3. The molecule has 1 aliphatic rings. The monoisotopic (exact) mass is 519 g/mol. The number of nitrogens with zero attached hydrogens (tertiary/aromatic N) is 2. The molecule has 0 saturated carbocycles. The van der Waals surface area contributed by atoms with Crippen LogP contribution in [0.4, 0.5) is 23.7 Å². The van der Waals surface area contributed by atoms with Crippen LogP contribution in [0.25, 0.3) is 11.3 Å². The van der Waals surface area contributed by atoms with Crippen LogP contribution in [0.2, 0.25) is 0 Å². The maximum atomic E-state index is 12.7. The second-order valence-electron chi connectivity index (χ2n) is 8.31. The number of carbonyl (C=O) groups is 2. The number of hydrogen-bond acceptors (Lipinski definition) is 6. The highest BCUT2D eigenvalue weighted by Crippen LogP contribution is 2.39. The average Bonchev–Trinajstić information content (AvgIpc) is 3.32. The second-order valence-corrected chi connectivity index (χ2v) is 9.31. The third kappa shape index (κ3) is 5.52. The van der Waals surface area contributed by atoms with Gasteiger partial charge in [0.15, 0.2) is 0 Å². The quantitative estimate of drug-likeness (QED) is 0.433. The first kappa shape index (κ1) is 25.6. The summed E-state index contributed by atoms with van der Waals surface area (Å²) in [5.41, 5.74) is -0.751. The van der Waals surface area contributed by atoms with Gasteiger partial charge in [-0.05, 0) is 31.2 Å². The molecule has 0 spiro atoms. The summed E-state index contributed by atoms with van der Waals surface area (Å²) in [7, 11) is 0. The summed E-state index contributed by atoms with van der Waals surface area (Å²) in [5, 5.41) is 14.3. The van der Waals surface area contributed by atoms with Crippen molar-refractivity contribution in [3.05, 3.63) is 70.0 Å². The highest BCUT2D eigenvalue weighted by atomic mass is 32.1. The van der Waals surface area contributed by atoms with Crippen molar-refractivity contribution in [2.75, 3.05) is 25.0 Å². The number of alkyl halides is 3. The van der Waals surface area contributed by atoms with E-state index >= 15 is 0 Å². The Kier molecular flexibility index (Phi) is 7.32. The number of ether oxygens (including phenoxy) is 1. The van der Waals surface area contributed by atoms with Gasteiger partial charge in [0.2, 0.25) is 0 Å². The fourth-order valence-electron chi connectivity index (χ4n) is 3.88. The van der Waals surface area contributed by atoms with E-state index in [1.165, 1.54) is 17.0 Å². The van der Waals surface area contributed by atoms with Crippen molar-refractivity contribution in [3.8, 4) is 11.3 Å². The van der Waals surface area contributed by atoms with E-state index in [2.05, 4.69) is 10.3 Å². The number of urea groups is 1. The zero-order valence-corrected chi connectivity index (χ0v) is 20.2. The summed E-state index contributed by atoms with van der Waals surface area (Å²) in [6, 6.07) is 12.8. The summed E-state index contributed by atoms with van der Waals surface area (Å²) >= 11 is 1.08. The Labute approximate surface area is 209 Å². The van der Waals surface area contributed by atoms with E-state index in [0.29, 0.717) is 15.6 Å². The standard InChI is InChI=1S/C25H24F3N3O4S/c1-2-35-21(32)20-19(16-6-4-3-5-7-16)30-22(36-20)24(34)12-14-31(15-13-24)23(33)29-18-10-8-17(9-11-18)25(26,27)28/h3-11,34H,2,12-15H2,1H3,(H,29,33). The van der Waals surface area contributed by atoms with Crippen molar-refractivity contribution < 1.29 is 32.6 Å². The third-order valence-corrected chi connectivity index (χ3v) is 7.10. The van der Waals surface area contributed by atoms with Gasteiger partial charge in [0.05, 0.1) is 17.9 Å². The first-order chi connectivity index (χ1) is 17.1. The normalized spacial score (nSPS) is 15.4. The van der Waals surface area contributed by atoms with Crippen LogP contribution in [-0.2, 0) is 16.5 Å². The molecule has 0 aliphatic carbocycles. The maximum absolute atomic E-state index is 12.7. The van der Waals surface area contributed by atoms with Gasteiger partial charge in [-0.1, -0.05) is 30.3 Å². The van der Waals surface area contributed by atoms with Crippen molar-refractivity contribution in [3.63, 3.8) is 0 Å². The Balaban J connectivity index is 1.46. The number of aliphatic hydroxyl groups is 1. The van der Waals surface area contributed by atoms with E-state index in [9.17, 15) is 27.9 Å². The predicted octanol–water partition coefficient (Wildman–Crippen LogP) is 5.52. The summed E-state index contributed by atoms with van der Waals surface area (Å²) in [6.07, 6.45) is -4.10. The molecule has 1 aromatic heterocycles. The lowest BCUT2D eigenvalue weighted by atomic mass is 9.92. The Hall–Kier alpha value is -3.44. The molecule has 1 aliphatic heterocycles. The van der Waals surface area contributed by atoms with Gasteiger partial charge in [-0.15, -0.1) is 11.3 Å². The number of aromatic nitrogens is 1. The number of halogens is 3. The number of likely N-dealkylation sites (tertiary alicyclic amines) is 1. The van der Waals surface area contributed by atoms with Gasteiger partial charge >= 0.3 is 18.2 Å². The van der Waals surface area contributed by atoms with E-state index in [4.69, 9.17) is 4.74 Å². The number of hydrogen-bond donors (Lipinski definition) is 2. The van der Waals surface area contributed by atoms with Crippen molar-refractivity contribution in [1.82, 2.24) is 9.88 Å². The van der Waals surface area contributed by atoms with Crippen LogP contribution in [0.15, 0.2) is 54.6 Å². The molecule has 2 heterocycles. The molecule has 3 aromatic rings. The highest BCUT2D eigenvalue weighted by Gasteiger charge is 2.39. The minimum Gasteiger partial charge on any atom is -0.462 e. The largest absolute Gasteiger partial charge is 0.462 e. The van der Waals surface area contributed by atoms with Crippen LogP contribution < -0.4 is 5.32 Å². The van der Waals surface area contributed by atoms with Gasteiger partial charge < -0.3 is 20.1 Å². The molecule has 11 heteroatoms. The number of carbonyl (C=O) groups excluding carboxylic acids is 2. The van der Waals surface area contributed by atoms with Gasteiger partial charge in [0.25, 0.3) is 0 Å². The number of thiazole rings is 1. The molecule has 7 nitrogen and oxygen atoms in total. The molecule has 0 atom stereocenters. The number of benzene rings is 2. The van der Waals surface area contributed by atoms with E-state index < -0.39 is 29.3 Å². The van der Waals surface area contributed by atoms with Crippen LogP contribution in [0.3, 0.4) is 0 Å². The van der Waals surface area contributed by atoms with Gasteiger partial charge in [0.1, 0.15) is 15.5 Å². The molecule has 4 rings (SSSR count). The molecule has 190 valence electrons. The van der Waals surface area contributed by atoms with Crippen LogP contribution >= 0.6 is 11.3 Å². The zero-order chi connectivity index (χ0) is 25.9. The summed E-state index contributed by atoms with van der Waals surface area (Å²) in [6.45, 7) is 2.30. The number of esters is 1. The molecular formula is C25H24F3N3O4S. The zero-order valence-electron chi connectivity index (χ0n) is 19.3. The molecule has 0 radical (unpaired) electrons. The number of piperidine rings is 1. The van der Waals surface area contributed by atoms with E-state index in [1.54, 1.807) is 6.92 Å². The average molecular weight is 520 g/mol. The van der Waals surface area contributed by atoms with Crippen LogP contribution in [0, 0.1) is 0 Å². The molecular weight excluding hydrogens is 495 g/mol. The SMILES string of the molecule is CCOC(=O)c1sc(C2(O)CCN(C(=O)Nc3ccc(C(F)(F)F)cc3)CC2)nc1-c1ccccc1. The molecule has 2 aromatic carbocycles. The van der Waals surface area contributed by atoms with E-state index in [1.807, 2.05) is 30.3 Å². The van der Waals surface area contributed by atoms with Crippen molar-refractivity contribution >= 4 is 29.0 Å². The van der Waals surface area contributed by atoms with Gasteiger partial charge in [-0.3, -0.25) is 0 Å². The van der Waals surface area contributed by atoms with Gasteiger partial charge in [-0.25, -0.2) is 14.6 Å². The van der Waals surface area contributed by atoms with Crippen LogP contribution in [-0.4, -0.2) is 46.7 Å². The van der Waals surface area contributed by atoms with Crippen molar-refractivity contribution in [2.24, 2.45) is 0 Å². The van der Waals surface area contributed by atoms with Crippen LogP contribution in [0.5, 0.6) is 0 Å². The number of rotatable bonds is 5. The Bertz CT molecular complexity index is 1220. The minimum absolute atomic E-state index is 0.178. The van der Waals surface area contributed by atoms with Gasteiger partial charge in [-0.2, -0.15) is 13.2 Å². The number of anilines is 1. The summed E-state index contributed by atoms with van der Waals surface area (Å²) in [5.74, 6) is -0.517. The molecule has 2 amide bonds. The Morgan fingerprint density at radius 3 is 2.33 bits per heavy atom. The minimum atomic E-state index is -4.46. The summed E-state index contributed by atoms with van der Waals surface area (Å²) in [4.78, 5) is 31.6. The highest BCUT2D eigenvalue weighted by molar-refractivity contribution is 7.14. The third-order valence-electron chi connectivity index (χ3n) is 5.87. The fraction of sp³-hybridized carbons (Fsp3) is 0.320. The number of nitrogens with one attached hydrogen (secondary N) is 1. The molecule has 1 fully saturated rings. The van der Waals surface area contributed by atoms with Crippen molar-refractivity contribution in [2.45, 2.75) is 31.5 Å². The molecule has 36 heavy (non-hydrogen) atoms.